The third-order valence-electron chi connectivity index (χ3n) is 4.88. The lowest BCUT2D eigenvalue weighted by Gasteiger charge is -2.13. The Balaban J connectivity index is 1.43. The Kier molecular flexibility index (Phi) is 7.04. The minimum absolute atomic E-state index is 0.0795. The number of rotatable bonds is 7. The highest BCUT2D eigenvalue weighted by atomic mass is 35.5. The van der Waals surface area contributed by atoms with Crippen LogP contribution in [0.5, 0.6) is 0 Å². The van der Waals surface area contributed by atoms with Gasteiger partial charge in [0.05, 0.1) is 23.0 Å². The molecule has 36 heavy (non-hydrogen) atoms. The SMILES string of the molecule is Cc1ccn(-c2cc(C(=O)NC(C)c3ncc(C(=O)Nc4cc(C(C)(F)F)c(Cl)cn4)s3)ncn2)n1. The molecular weight excluding hydrogens is 514 g/mol. The molecule has 1 unspecified atom stereocenters. The fraction of sp³-hybridized carbons (Fsp3) is 0.227. The van der Waals surface area contributed by atoms with Gasteiger partial charge in [0.15, 0.2) is 5.82 Å². The van der Waals surface area contributed by atoms with E-state index in [0.717, 1.165) is 29.3 Å². The van der Waals surface area contributed by atoms with Gasteiger partial charge in [-0.25, -0.2) is 33.4 Å². The van der Waals surface area contributed by atoms with Crippen LogP contribution in [0.4, 0.5) is 14.6 Å². The van der Waals surface area contributed by atoms with E-state index in [2.05, 4.69) is 35.7 Å². The van der Waals surface area contributed by atoms with Crippen LogP contribution in [0.15, 0.2) is 43.1 Å². The van der Waals surface area contributed by atoms with E-state index in [4.69, 9.17) is 11.6 Å². The molecule has 186 valence electrons. The largest absolute Gasteiger partial charge is 0.342 e. The number of hydrogen-bond donors (Lipinski definition) is 2. The summed E-state index contributed by atoms with van der Waals surface area (Å²) in [6, 6.07) is 3.78. The van der Waals surface area contributed by atoms with E-state index in [0.29, 0.717) is 17.7 Å². The number of pyridine rings is 1. The molecule has 0 aliphatic heterocycles. The molecular formula is C22H19ClF2N8O2S. The van der Waals surface area contributed by atoms with E-state index in [1.54, 1.807) is 19.2 Å². The normalized spacial score (nSPS) is 12.3. The number of halogens is 3. The Hall–Kier alpha value is -3.84. The fourth-order valence-electron chi connectivity index (χ4n) is 3.09. The minimum atomic E-state index is -3.20. The number of alkyl halides is 2. The summed E-state index contributed by atoms with van der Waals surface area (Å²) in [7, 11) is 0. The fourth-order valence-corrected chi connectivity index (χ4v) is 4.17. The molecule has 0 aliphatic rings. The van der Waals surface area contributed by atoms with Crippen molar-refractivity contribution >= 4 is 40.6 Å². The van der Waals surface area contributed by atoms with Crippen molar-refractivity contribution in [2.24, 2.45) is 0 Å². The van der Waals surface area contributed by atoms with E-state index < -0.39 is 29.3 Å². The van der Waals surface area contributed by atoms with Gasteiger partial charge in [-0.2, -0.15) is 5.10 Å². The smallest absolute Gasteiger partial charge is 0.272 e. The van der Waals surface area contributed by atoms with E-state index >= 15 is 0 Å². The second-order valence-electron chi connectivity index (χ2n) is 7.81. The standard InChI is InChI=1S/C22H19ClF2N8O2S/c1-11-4-5-33(32-11)18-7-15(28-10-29-18)19(34)30-12(2)21-27-9-16(36-21)20(35)31-17-6-13(22(3,24)25)14(23)8-26-17/h4-10,12H,1-3H3,(H,30,34)(H,26,31,35). The third kappa shape index (κ3) is 5.69. The summed E-state index contributed by atoms with van der Waals surface area (Å²) >= 11 is 6.82. The first kappa shape index (κ1) is 25.3. The maximum Gasteiger partial charge on any atom is 0.272 e. The van der Waals surface area contributed by atoms with E-state index in [-0.39, 0.29) is 21.4 Å². The molecule has 0 fully saturated rings. The highest BCUT2D eigenvalue weighted by Crippen LogP contribution is 2.33. The summed E-state index contributed by atoms with van der Waals surface area (Å²) in [5.74, 6) is -3.90. The van der Waals surface area contributed by atoms with Crippen molar-refractivity contribution < 1.29 is 18.4 Å². The van der Waals surface area contributed by atoms with Crippen molar-refractivity contribution in [3.05, 3.63) is 75.0 Å². The van der Waals surface area contributed by atoms with Crippen LogP contribution in [0.3, 0.4) is 0 Å². The van der Waals surface area contributed by atoms with Gasteiger partial charge in [0.1, 0.15) is 27.7 Å². The van der Waals surface area contributed by atoms with Gasteiger partial charge in [-0.1, -0.05) is 11.6 Å². The van der Waals surface area contributed by atoms with Crippen molar-refractivity contribution in [2.45, 2.75) is 32.7 Å². The summed E-state index contributed by atoms with van der Waals surface area (Å²) in [4.78, 5) is 41.7. The predicted octanol–water partition coefficient (Wildman–Crippen LogP) is 4.33. The van der Waals surface area contributed by atoms with Crippen LogP contribution >= 0.6 is 22.9 Å². The third-order valence-corrected chi connectivity index (χ3v) is 6.36. The molecule has 4 heterocycles. The Labute approximate surface area is 212 Å². The van der Waals surface area contributed by atoms with Crippen molar-refractivity contribution in [3.63, 3.8) is 0 Å². The van der Waals surface area contributed by atoms with Crippen molar-refractivity contribution in [1.82, 2.24) is 35.0 Å². The molecule has 4 aromatic heterocycles. The van der Waals surface area contributed by atoms with Gasteiger partial charge in [-0.15, -0.1) is 11.3 Å². The number of carbonyl (C=O) groups excluding carboxylic acids is 2. The molecule has 14 heteroatoms. The van der Waals surface area contributed by atoms with E-state index in [9.17, 15) is 18.4 Å². The Bertz CT molecular complexity index is 1440. The second-order valence-corrected chi connectivity index (χ2v) is 9.28. The van der Waals surface area contributed by atoms with Crippen molar-refractivity contribution in [2.75, 3.05) is 5.32 Å². The van der Waals surface area contributed by atoms with E-state index in [1.807, 2.05) is 6.92 Å². The summed E-state index contributed by atoms with van der Waals surface area (Å²) in [6.07, 6.45) is 5.36. The Morgan fingerprint density at radius 2 is 1.92 bits per heavy atom. The molecule has 2 amide bonds. The molecule has 4 aromatic rings. The number of nitrogens with zero attached hydrogens (tertiary/aromatic N) is 6. The summed E-state index contributed by atoms with van der Waals surface area (Å²) in [6.45, 7) is 4.24. The number of nitrogens with one attached hydrogen (secondary N) is 2. The monoisotopic (exact) mass is 532 g/mol. The van der Waals surface area contributed by atoms with Gasteiger partial charge < -0.3 is 10.6 Å². The van der Waals surface area contributed by atoms with Crippen LogP contribution in [-0.4, -0.2) is 41.5 Å². The van der Waals surface area contributed by atoms with Crippen LogP contribution in [0, 0.1) is 6.92 Å². The molecule has 0 radical (unpaired) electrons. The summed E-state index contributed by atoms with van der Waals surface area (Å²) in [5, 5.41) is 9.74. The van der Waals surface area contributed by atoms with Crippen LogP contribution in [-0.2, 0) is 5.92 Å². The molecule has 0 bridgehead atoms. The Morgan fingerprint density at radius 1 is 1.14 bits per heavy atom. The Morgan fingerprint density at radius 3 is 2.61 bits per heavy atom. The molecule has 0 saturated heterocycles. The van der Waals surface area contributed by atoms with Gasteiger partial charge in [-0.3, -0.25) is 9.59 Å². The predicted molar refractivity (Wildman–Crippen MR) is 129 cm³/mol. The van der Waals surface area contributed by atoms with Crippen molar-refractivity contribution in [1.29, 1.82) is 0 Å². The zero-order valence-electron chi connectivity index (χ0n) is 19.2. The molecule has 0 aliphatic carbocycles. The minimum Gasteiger partial charge on any atom is -0.342 e. The lowest BCUT2D eigenvalue weighted by atomic mass is 10.1. The quantitative estimate of drug-likeness (QED) is 0.362. The van der Waals surface area contributed by atoms with Gasteiger partial charge >= 0.3 is 0 Å². The first-order chi connectivity index (χ1) is 17.0. The highest BCUT2D eigenvalue weighted by molar-refractivity contribution is 7.13. The lowest BCUT2D eigenvalue weighted by Crippen LogP contribution is -2.27. The van der Waals surface area contributed by atoms with E-state index in [1.165, 1.54) is 23.3 Å². The molecule has 0 saturated carbocycles. The number of thiazole rings is 1. The molecule has 4 rings (SSSR count). The number of aromatic nitrogens is 6. The number of aryl methyl sites for hydroxylation is 1. The summed E-state index contributed by atoms with van der Waals surface area (Å²) in [5.41, 5.74) is 0.477. The average molecular weight is 533 g/mol. The van der Waals surface area contributed by atoms with Gasteiger partial charge in [0.2, 0.25) is 0 Å². The van der Waals surface area contributed by atoms with Gasteiger partial charge in [0.25, 0.3) is 17.7 Å². The average Bonchev–Trinajstić information content (AvgIpc) is 3.49. The number of carbonyl (C=O) groups is 2. The maximum absolute atomic E-state index is 13.7. The topological polar surface area (TPSA) is 128 Å². The van der Waals surface area contributed by atoms with Crippen LogP contribution in [0.25, 0.3) is 5.82 Å². The number of anilines is 1. The second kappa shape index (κ2) is 10.0. The number of hydrogen-bond acceptors (Lipinski definition) is 8. The zero-order chi connectivity index (χ0) is 26.0. The highest BCUT2D eigenvalue weighted by Gasteiger charge is 2.28. The van der Waals surface area contributed by atoms with Crippen LogP contribution in [0.2, 0.25) is 5.02 Å². The van der Waals surface area contributed by atoms with Crippen LogP contribution < -0.4 is 10.6 Å². The van der Waals surface area contributed by atoms with Gasteiger partial charge in [-0.05, 0) is 26.0 Å². The maximum atomic E-state index is 13.7. The van der Waals surface area contributed by atoms with Crippen molar-refractivity contribution in [3.8, 4) is 5.82 Å². The van der Waals surface area contributed by atoms with Crippen LogP contribution in [0.1, 0.15) is 56.3 Å². The zero-order valence-corrected chi connectivity index (χ0v) is 20.7. The molecule has 2 N–H and O–H groups in total. The lowest BCUT2D eigenvalue weighted by molar-refractivity contribution is 0.0175. The first-order valence-corrected chi connectivity index (χ1v) is 11.7. The summed E-state index contributed by atoms with van der Waals surface area (Å²) < 4.78 is 28.9. The first-order valence-electron chi connectivity index (χ1n) is 10.5. The molecule has 0 spiro atoms. The molecule has 0 aromatic carbocycles. The molecule has 1 atom stereocenters. The van der Waals surface area contributed by atoms with Gasteiger partial charge in [0, 0.05) is 30.9 Å². The molecule has 10 nitrogen and oxygen atoms in total. The number of amides is 2.